The van der Waals surface area contributed by atoms with Crippen LogP contribution in [0.1, 0.15) is 13.3 Å². The summed E-state index contributed by atoms with van der Waals surface area (Å²) in [6.07, 6.45) is 0.667. The van der Waals surface area contributed by atoms with Gasteiger partial charge >= 0.3 is 5.97 Å². The van der Waals surface area contributed by atoms with Crippen LogP contribution in [0.2, 0.25) is 0 Å². The van der Waals surface area contributed by atoms with Gasteiger partial charge in [-0.25, -0.2) is 4.42 Å². The van der Waals surface area contributed by atoms with Crippen LogP contribution < -0.4 is 0 Å². The lowest BCUT2D eigenvalue weighted by molar-refractivity contribution is -0.144. The zero-order valence-electron chi connectivity index (χ0n) is 6.46. The van der Waals surface area contributed by atoms with Crippen LogP contribution in [0.5, 0.6) is 0 Å². The molecule has 64 valence electrons. The van der Waals surface area contributed by atoms with Crippen molar-refractivity contribution in [1.29, 1.82) is 0 Å². The first-order chi connectivity index (χ1) is 5.11. The number of carbonyl (C=O) groups is 1. The van der Waals surface area contributed by atoms with Crippen molar-refractivity contribution in [3.8, 4) is 0 Å². The van der Waals surface area contributed by atoms with Crippen molar-refractivity contribution >= 4 is 17.7 Å². The van der Waals surface area contributed by atoms with Crippen LogP contribution in [0.15, 0.2) is 0 Å². The average molecular weight is 178 g/mol. The SMILES string of the molecule is CC1CN(Cl)CCC1C(=O)O. The molecule has 0 radical (unpaired) electrons. The Labute approximate surface area is 71.1 Å². The highest BCUT2D eigenvalue weighted by molar-refractivity contribution is 6.13. The lowest BCUT2D eigenvalue weighted by Crippen LogP contribution is -2.37. The van der Waals surface area contributed by atoms with Crippen LogP contribution in [-0.2, 0) is 4.79 Å². The molecule has 4 heteroatoms. The molecule has 0 aromatic carbocycles. The molecule has 0 bridgehead atoms. The average Bonchev–Trinajstić information content (AvgIpc) is 1.85. The van der Waals surface area contributed by atoms with Gasteiger partial charge in [0, 0.05) is 13.1 Å². The summed E-state index contributed by atoms with van der Waals surface area (Å²) in [5, 5.41) is 8.73. The van der Waals surface area contributed by atoms with Gasteiger partial charge < -0.3 is 5.11 Å². The maximum Gasteiger partial charge on any atom is 0.306 e. The fourth-order valence-electron chi connectivity index (χ4n) is 1.46. The number of piperidine rings is 1. The predicted molar refractivity (Wildman–Crippen MR) is 42.3 cm³/mol. The summed E-state index contributed by atoms with van der Waals surface area (Å²) in [5.74, 6) is -0.731. The summed E-state index contributed by atoms with van der Waals surface area (Å²) >= 11 is 5.72. The number of halogens is 1. The highest BCUT2D eigenvalue weighted by Gasteiger charge is 2.30. The summed E-state index contributed by atoms with van der Waals surface area (Å²) in [7, 11) is 0. The second-order valence-electron chi connectivity index (χ2n) is 3.08. The smallest absolute Gasteiger partial charge is 0.306 e. The standard InChI is InChI=1S/C7H12ClNO2/c1-5-4-9(8)3-2-6(5)7(10)11/h5-6H,2-4H2,1H3,(H,10,11). The topological polar surface area (TPSA) is 40.5 Å². The molecule has 0 aromatic rings. The van der Waals surface area contributed by atoms with Crippen LogP contribution in [0.3, 0.4) is 0 Å². The van der Waals surface area contributed by atoms with Gasteiger partial charge in [0.15, 0.2) is 0 Å². The predicted octanol–water partition coefficient (Wildman–Crippen LogP) is 1.18. The van der Waals surface area contributed by atoms with Crippen LogP contribution in [-0.4, -0.2) is 28.6 Å². The zero-order chi connectivity index (χ0) is 8.43. The highest BCUT2D eigenvalue weighted by atomic mass is 35.5. The second-order valence-corrected chi connectivity index (χ2v) is 3.56. The molecule has 3 nitrogen and oxygen atoms in total. The Kier molecular flexibility index (Phi) is 2.73. The Morgan fingerprint density at radius 2 is 2.36 bits per heavy atom. The molecular weight excluding hydrogens is 166 g/mol. The van der Waals surface area contributed by atoms with Gasteiger partial charge in [0.2, 0.25) is 0 Å². The number of nitrogens with zero attached hydrogens (tertiary/aromatic N) is 1. The molecule has 0 aliphatic carbocycles. The van der Waals surface area contributed by atoms with Crippen molar-refractivity contribution in [2.75, 3.05) is 13.1 Å². The van der Waals surface area contributed by atoms with E-state index >= 15 is 0 Å². The summed E-state index contributed by atoms with van der Waals surface area (Å²) in [6, 6.07) is 0. The van der Waals surface area contributed by atoms with E-state index in [-0.39, 0.29) is 11.8 Å². The molecule has 2 atom stereocenters. The van der Waals surface area contributed by atoms with Crippen molar-refractivity contribution in [3.05, 3.63) is 0 Å². The first-order valence-electron chi connectivity index (χ1n) is 3.75. The first kappa shape index (κ1) is 8.81. The molecule has 0 aromatic heterocycles. The molecule has 1 fully saturated rings. The first-order valence-corrected chi connectivity index (χ1v) is 4.08. The second kappa shape index (κ2) is 3.41. The van der Waals surface area contributed by atoms with E-state index in [1.165, 1.54) is 0 Å². The van der Waals surface area contributed by atoms with E-state index in [1.807, 2.05) is 6.92 Å². The fourth-order valence-corrected chi connectivity index (χ4v) is 1.78. The van der Waals surface area contributed by atoms with E-state index < -0.39 is 5.97 Å². The summed E-state index contributed by atoms with van der Waals surface area (Å²) in [6.45, 7) is 3.29. The van der Waals surface area contributed by atoms with Gasteiger partial charge in [0.05, 0.1) is 5.92 Å². The van der Waals surface area contributed by atoms with Crippen LogP contribution in [0.25, 0.3) is 0 Å². The highest BCUT2D eigenvalue weighted by Crippen LogP contribution is 2.24. The van der Waals surface area contributed by atoms with Crippen LogP contribution >= 0.6 is 11.8 Å². The number of rotatable bonds is 1. The van der Waals surface area contributed by atoms with Gasteiger partial charge in [-0.2, -0.15) is 0 Å². The zero-order valence-corrected chi connectivity index (χ0v) is 7.21. The van der Waals surface area contributed by atoms with Crippen molar-refractivity contribution < 1.29 is 9.90 Å². The molecule has 1 saturated heterocycles. The monoisotopic (exact) mass is 177 g/mol. The Morgan fingerprint density at radius 1 is 1.73 bits per heavy atom. The minimum atomic E-state index is -0.692. The van der Waals surface area contributed by atoms with E-state index in [2.05, 4.69) is 0 Å². The van der Waals surface area contributed by atoms with Gasteiger partial charge in [0.1, 0.15) is 0 Å². The van der Waals surface area contributed by atoms with Crippen molar-refractivity contribution in [3.63, 3.8) is 0 Å². The quantitative estimate of drug-likeness (QED) is 0.612. The van der Waals surface area contributed by atoms with Crippen molar-refractivity contribution in [1.82, 2.24) is 4.42 Å². The van der Waals surface area contributed by atoms with Crippen molar-refractivity contribution in [2.45, 2.75) is 13.3 Å². The maximum absolute atomic E-state index is 10.6. The van der Waals surface area contributed by atoms with E-state index in [9.17, 15) is 4.79 Å². The van der Waals surface area contributed by atoms with E-state index in [4.69, 9.17) is 16.9 Å². The molecule has 2 unspecified atom stereocenters. The summed E-state index contributed by atoms with van der Waals surface area (Å²) in [5.41, 5.74) is 0. The third-order valence-electron chi connectivity index (χ3n) is 2.17. The molecule has 0 saturated carbocycles. The Bertz CT molecular complexity index is 163. The number of aliphatic carboxylic acids is 1. The summed E-state index contributed by atoms with van der Waals surface area (Å²) in [4.78, 5) is 10.6. The molecule has 1 N–H and O–H groups in total. The molecule has 0 spiro atoms. The van der Waals surface area contributed by atoms with Crippen LogP contribution in [0, 0.1) is 11.8 Å². The lowest BCUT2D eigenvalue weighted by atomic mass is 9.88. The molecule has 1 heterocycles. The molecule has 0 amide bonds. The molecular formula is C7H12ClNO2. The Morgan fingerprint density at radius 3 is 2.82 bits per heavy atom. The number of carboxylic acid groups (broad SMARTS) is 1. The van der Waals surface area contributed by atoms with Gasteiger partial charge in [-0.1, -0.05) is 6.92 Å². The van der Waals surface area contributed by atoms with Gasteiger partial charge in [-0.05, 0) is 24.1 Å². The largest absolute Gasteiger partial charge is 0.481 e. The number of hydrogen-bond acceptors (Lipinski definition) is 2. The molecule has 11 heavy (non-hydrogen) atoms. The third-order valence-corrected chi connectivity index (χ3v) is 2.48. The minimum absolute atomic E-state index is 0.166. The van der Waals surface area contributed by atoms with Crippen LogP contribution in [0.4, 0.5) is 0 Å². The van der Waals surface area contributed by atoms with Gasteiger partial charge in [-0.15, -0.1) is 0 Å². The maximum atomic E-state index is 10.6. The summed E-state index contributed by atoms with van der Waals surface area (Å²) < 4.78 is 1.66. The lowest BCUT2D eigenvalue weighted by Gasteiger charge is -2.30. The minimum Gasteiger partial charge on any atom is -0.481 e. The Balaban J connectivity index is 2.50. The normalized spacial score (nSPS) is 33.6. The van der Waals surface area contributed by atoms with Crippen molar-refractivity contribution in [2.24, 2.45) is 11.8 Å². The Hall–Kier alpha value is -0.280. The van der Waals surface area contributed by atoms with Gasteiger partial charge in [-0.3, -0.25) is 4.79 Å². The molecule has 1 aliphatic rings. The molecule has 1 rings (SSSR count). The van der Waals surface area contributed by atoms with Gasteiger partial charge in [0.25, 0.3) is 0 Å². The van der Waals surface area contributed by atoms with E-state index in [0.29, 0.717) is 19.5 Å². The van der Waals surface area contributed by atoms with E-state index in [1.54, 1.807) is 4.42 Å². The van der Waals surface area contributed by atoms with E-state index in [0.717, 1.165) is 0 Å². The fraction of sp³-hybridized carbons (Fsp3) is 0.857. The molecule has 1 aliphatic heterocycles. The number of carboxylic acids is 1. The third kappa shape index (κ3) is 2.07. The number of hydrogen-bond donors (Lipinski definition) is 1.